The largest absolute Gasteiger partial charge is 0.454 e. The number of amides is 1. The van der Waals surface area contributed by atoms with Gasteiger partial charge in [0.15, 0.2) is 11.5 Å². The zero-order valence-corrected chi connectivity index (χ0v) is 18.0. The molecule has 3 aromatic rings. The van der Waals surface area contributed by atoms with Gasteiger partial charge in [-0.3, -0.25) is 9.59 Å². The maximum atomic E-state index is 13.1. The smallest absolute Gasteiger partial charge is 0.267 e. The highest BCUT2D eigenvalue weighted by Gasteiger charge is 2.32. The topological polar surface area (TPSA) is 82.5 Å². The Labute approximate surface area is 180 Å². The third kappa shape index (κ3) is 4.03. The summed E-state index contributed by atoms with van der Waals surface area (Å²) < 4.78 is 12.0. The van der Waals surface area contributed by atoms with Crippen LogP contribution in [0, 0.1) is 0 Å². The number of carbonyl (C=O) groups is 1. The normalized spacial score (nSPS) is 12.8. The van der Waals surface area contributed by atoms with Gasteiger partial charge >= 0.3 is 0 Å². The number of nitrogens with one attached hydrogen (secondary N) is 1. The van der Waals surface area contributed by atoms with E-state index < -0.39 is 5.54 Å². The fourth-order valence-electron chi connectivity index (χ4n) is 3.35. The van der Waals surface area contributed by atoms with E-state index in [0.717, 1.165) is 5.56 Å². The molecular formula is C24H25N3O4. The molecule has 0 saturated carbocycles. The molecule has 0 unspecified atom stereocenters. The van der Waals surface area contributed by atoms with Crippen LogP contribution >= 0.6 is 0 Å². The summed E-state index contributed by atoms with van der Waals surface area (Å²) in [5.41, 5.74) is 1.60. The molecule has 1 aliphatic heterocycles. The highest BCUT2D eigenvalue weighted by Crippen LogP contribution is 2.35. The Hall–Kier alpha value is -3.61. The van der Waals surface area contributed by atoms with Crippen molar-refractivity contribution in [1.29, 1.82) is 0 Å². The van der Waals surface area contributed by atoms with Crippen LogP contribution in [-0.4, -0.2) is 22.5 Å². The molecule has 0 atom stereocenters. The van der Waals surface area contributed by atoms with Gasteiger partial charge in [-0.05, 0) is 61.7 Å². The lowest BCUT2D eigenvalue weighted by molar-refractivity contribution is -0.123. The quantitative estimate of drug-likeness (QED) is 0.672. The fourth-order valence-corrected chi connectivity index (χ4v) is 3.35. The first-order valence-electron chi connectivity index (χ1n) is 10.2. The standard InChI is InChI=1S/C24H25N3O4/c1-15(2)16-5-8-18(9-6-16)25-23(29)24(3,4)27-22(28)12-10-19(26-27)17-7-11-20-21(13-17)31-14-30-20/h5-13,15H,14H2,1-4H3,(H,25,29). The van der Waals surface area contributed by atoms with E-state index in [1.54, 1.807) is 26.0 Å². The number of aromatic nitrogens is 2. The van der Waals surface area contributed by atoms with Gasteiger partial charge in [0.1, 0.15) is 5.54 Å². The van der Waals surface area contributed by atoms with Gasteiger partial charge in [0.25, 0.3) is 11.5 Å². The molecule has 31 heavy (non-hydrogen) atoms. The minimum atomic E-state index is -1.21. The van der Waals surface area contributed by atoms with Crippen LogP contribution in [0.4, 0.5) is 5.69 Å². The van der Waals surface area contributed by atoms with Crippen molar-refractivity contribution < 1.29 is 14.3 Å². The summed E-state index contributed by atoms with van der Waals surface area (Å²) in [5, 5.41) is 7.38. The second-order valence-electron chi connectivity index (χ2n) is 8.33. The summed E-state index contributed by atoms with van der Waals surface area (Å²) in [6.45, 7) is 7.74. The Kier molecular flexibility index (Phi) is 5.27. The monoisotopic (exact) mass is 419 g/mol. The van der Waals surface area contributed by atoms with Crippen LogP contribution < -0.4 is 20.3 Å². The predicted octanol–water partition coefficient (Wildman–Crippen LogP) is 4.14. The van der Waals surface area contributed by atoms with Gasteiger partial charge in [0.2, 0.25) is 6.79 Å². The lowest BCUT2D eigenvalue weighted by Crippen LogP contribution is -2.47. The number of hydrogen-bond donors (Lipinski definition) is 1. The van der Waals surface area contributed by atoms with E-state index in [0.29, 0.717) is 28.8 Å². The van der Waals surface area contributed by atoms with E-state index in [4.69, 9.17) is 9.47 Å². The van der Waals surface area contributed by atoms with Gasteiger partial charge in [0.05, 0.1) is 5.69 Å². The Bertz CT molecular complexity index is 1180. The van der Waals surface area contributed by atoms with Crippen molar-refractivity contribution in [3.8, 4) is 22.8 Å². The summed E-state index contributed by atoms with van der Waals surface area (Å²) in [6, 6.07) is 16.2. The molecule has 1 N–H and O–H groups in total. The van der Waals surface area contributed by atoms with Crippen molar-refractivity contribution in [2.75, 3.05) is 12.1 Å². The maximum absolute atomic E-state index is 13.1. The summed E-state index contributed by atoms with van der Waals surface area (Å²) in [7, 11) is 0. The summed E-state index contributed by atoms with van der Waals surface area (Å²) >= 11 is 0. The van der Waals surface area contributed by atoms with Crippen LogP contribution in [0.15, 0.2) is 59.4 Å². The molecular weight excluding hydrogens is 394 g/mol. The Morgan fingerprint density at radius 3 is 2.45 bits per heavy atom. The van der Waals surface area contributed by atoms with Crippen molar-refractivity contribution >= 4 is 11.6 Å². The Morgan fingerprint density at radius 1 is 1.03 bits per heavy atom. The lowest BCUT2D eigenvalue weighted by Gasteiger charge is -2.25. The first-order valence-corrected chi connectivity index (χ1v) is 10.2. The molecule has 1 aliphatic rings. The second kappa shape index (κ2) is 7.91. The molecule has 0 saturated heterocycles. The number of hydrogen-bond acceptors (Lipinski definition) is 5. The minimum absolute atomic E-state index is 0.178. The number of carbonyl (C=O) groups excluding carboxylic acids is 1. The predicted molar refractivity (Wildman–Crippen MR) is 119 cm³/mol. The molecule has 7 heteroatoms. The number of rotatable bonds is 5. The third-order valence-corrected chi connectivity index (χ3v) is 5.39. The highest BCUT2D eigenvalue weighted by atomic mass is 16.7. The average Bonchev–Trinajstić information content (AvgIpc) is 3.22. The van der Waals surface area contributed by atoms with Crippen LogP contribution in [0.3, 0.4) is 0 Å². The fraction of sp³-hybridized carbons (Fsp3) is 0.292. The molecule has 0 spiro atoms. The summed E-state index contributed by atoms with van der Waals surface area (Å²) in [6.07, 6.45) is 0. The molecule has 2 aromatic carbocycles. The van der Waals surface area contributed by atoms with Gasteiger partial charge < -0.3 is 14.8 Å². The summed E-state index contributed by atoms with van der Waals surface area (Å²) in [5.74, 6) is 1.37. The zero-order chi connectivity index (χ0) is 22.2. The van der Waals surface area contributed by atoms with E-state index in [9.17, 15) is 9.59 Å². The van der Waals surface area contributed by atoms with E-state index in [2.05, 4.69) is 24.3 Å². The first kappa shape index (κ1) is 20.7. The molecule has 0 fully saturated rings. The van der Waals surface area contributed by atoms with E-state index >= 15 is 0 Å². The highest BCUT2D eigenvalue weighted by molar-refractivity contribution is 5.96. The summed E-state index contributed by atoms with van der Waals surface area (Å²) in [4.78, 5) is 25.6. The number of nitrogens with zero attached hydrogens (tertiary/aromatic N) is 2. The molecule has 2 heterocycles. The molecule has 1 aromatic heterocycles. The van der Waals surface area contributed by atoms with Crippen molar-refractivity contribution in [2.45, 2.75) is 39.2 Å². The Morgan fingerprint density at radius 2 is 1.74 bits per heavy atom. The molecule has 0 radical (unpaired) electrons. The average molecular weight is 419 g/mol. The SMILES string of the molecule is CC(C)c1ccc(NC(=O)C(C)(C)n2nc(-c3ccc4c(c3)OCO4)ccc2=O)cc1. The molecule has 1 amide bonds. The van der Waals surface area contributed by atoms with E-state index in [1.165, 1.54) is 16.3 Å². The van der Waals surface area contributed by atoms with Crippen LogP contribution in [0.1, 0.15) is 39.2 Å². The van der Waals surface area contributed by atoms with Crippen molar-refractivity contribution in [3.05, 3.63) is 70.5 Å². The van der Waals surface area contributed by atoms with Crippen molar-refractivity contribution in [2.24, 2.45) is 0 Å². The van der Waals surface area contributed by atoms with Gasteiger partial charge in [-0.15, -0.1) is 0 Å². The minimum Gasteiger partial charge on any atom is -0.454 e. The van der Waals surface area contributed by atoms with E-state index in [-0.39, 0.29) is 18.3 Å². The van der Waals surface area contributed by atoms with Gasteiger partial charge in [-0.2, -0.15) is 5.10 Å². The van der Waals surface area contributed by atoms with Gasteiger partial charge in [0, 0.05) is 17.3 Å². The van der Waals surface area contributed by atoms with Gasteiger partial charge in [-0.25, -0.2) is 4.68 Å². The van der Waals surface area contributed by atoms with Crippen molar-refractivity contribution in [1.82, 2.24) is 9.78 Å². The lowest BCUT2D eigenvalue weighted by atomic mass is 10.0. The van der Waals surface area contributed by atoms with Crippen LogP contribution in [-0.2, 0) is 10.3 Å². The third-order valence-electron chi connectivity index (χ3n) is 5.39. The van der Waals surface area contributed by atoms with Crippen LogP contribution in [0.5, 0.6) is 11.5 Å². The molecule has 0 aliphatic carbocycles. The van der Waals surface area contributed by atoms with Crippen LogP contribution in [0.25, 0.3) is 11.3 Å². The number of fused-ring (bicyclic) bond motifs is 1. The second-order valence-corrected chi connectivity index (χ2v) is 8.33. The molecule has 4 rings (SSSR count). The van der Waals surface area contributed by atoms with Gasteiger partial charge in [-0.1, -0.05) is 26.0 Å². The zero-order valence-electron chi connectivity index (χ0n) is 18.0. The number of ether oxygens (including phenoxy) is 2. The molecule has 7 nitrogen and oxygen atoms in total. The first-order chi connectivity index (χ1) is 14.8. The van der Waals surface area contributed by atoms with Crippen LogP contribution in [0.2, 0.25) is 0 Å². The van der Waals surface area contributed by atoms with E-state index in [1.807, 2.05) is 36.4 Å². The molecule has 160 valence electrons. The number of anilines is 1. The van der Waals surface area contributed by atoms with Crippen molar-refractivity contribution in [3.63, 3.8) is 0 Å². The Balaban J connectivity index is 1.62. The number of benzene rings is 2. The molecule has 0 bridgehead atoms. The maximum Gasteiger partial charge on any atom is 0.267 e.